The fourth-order valence-corrected chi connectivity index (χ4v) is 6.34. The van der Waals surface area contributed by atoms with Crippen molar-refractivity contribution in [3.63, 3.8) is 0 Å². The summed E-state index contributed by atoms with van der Waals surface area (Å²) in [6.45, 7) is 35.3. The lowest BCUT2D eigenvalue weighted by molar-refractivity contribution is -0.142. The largest absolute Gasteiger partial charge is 0.465 e. The van der Waals surface area contributed by atoms with Crippen molar-refractivity contribution >= 4 is 22.6 Å². The van der Waals surface area contributed by atoms with Crippen LogP contribution in [0.1, 0.15) is 69.2 Å². The number of esters is 1. The molecule has 7 atom stereocenters. The molecule has 6 nitrogen and oxygen atoms in total. The number of aliphatic hydroxyl groups excluding tert-OH is 1. The molecule has 1 rings (SSSR count). The van der Waals surface area contributed by atoms with Crippen molar-refractivity contribution in [1.82, 2.24) is 0 Å². The molecule has 8 heteroatoms. The molecule has 1 N–H and O–H groups in total. The quantitative estimate of drug-likeness (QED) is 0.109. The van der Waals surface area contributed by atoms with Gasteiger partial charge >= 0.3 is 5.97 Å². The highest BCUT2D eigenvalue weighted by molar-refractivity contribution is 6.74. The summed E-state index contributed by atoms with van der Waals surface area (Å²) in [6, 6.07) is 0. The van der Waals surface area contributed by atoms with Gasteiger partial charge in [0.2, 0.25) is 0 Å². The number of hydrogen-bond acceptors (Lipinski definition) is 6. The summed E-state index contributed by atoms with van der Waals surface area (Å²) in [5.41, 5.74) is -0.436. The van der Waals surface area contributed by atoms with Crippen LogP contribution in [0.5, 0.6) is 0 Å². The third-order valence-electron chi connectivity index (χ3n) is 9.57. The van der Waals surface area contributed by atoms with Gasteiger partial charge < -0.3 is 23.4 Å². The van der Waals surface area contributed by atoms with Gasteiger partial charge in [0.05, 0.1) is 24.4 Å². The van der Waals surface area contributed by atoms with Crippen LogP contribution in [0.4, 0.5) is 0 Å². The first kappa shape index (κ1) is 34.5. The molecule has 1 heterocycles. The minimum Gasteiger partial charge on any atom is -0.465 e. The van der Waals surface area contributed by atoms with Gasteiger partial charge in [-0.25, -0.2) is 0 Å². The van der Waals surface area contributed by atoms with E-state index >= 15 is 0 Å². The molecule has 1 unspecified atom stereocenters. The van der Waals surface area contributed by atoms with Crippen molar-refractivity contribution in [2.75, 3.05) is 19.8 Å². The Balaban J connectivity index is 3.17. The highest BCUT2D eigenvalue weighted by Crippen LogP contribution is 2.51. The van der Waals surface area contributed by atoms with Crippen molar-refractivity contribution in [2.24, 2.45) is 23.7 Å². The second-order valence-corrected chi connectivity index (χ2v) is 24.1. The predicted octanol–water partition coefficient (Wildman–Crippen LogP) is 6.80. The number of aliphatic hydroxyl groups is 1. The minimum absolute atomic E-state index is 0.00682. The van der Waals surface area contributed by atoms with E-state index in [-0.39, 0.29) is 45.8 Å². The fraction of sp³-hybridized carbons (Fsp3) is 0.897. The van der Waals surface area contributed by atoms with Gasteiger partial charge in [-0.2, -0.15) is 0 Å². The van der Waals surface area contributed by atoms with E-state index in [4.69, 9.17) is 18.3 Å². The molecule has 0 bridgehead atoms. The van der Waals surface area contributed by atoms with Gasteiger partial charge in [0, 0.05) is 37.9 Å². The standard InChI is InChI=1S/C29H58O6Si2/c1-16-23(18-33-36(12,13)27(5,6)7)25(31)24(19-34-37(14,15)28(8,9)10)21(3)29(11)26(35-29)20(2)17-32-22(4)30/h16,20-21,23-26,31H,1,17-19H2,2-15H3/t20-,21-,23-,24+,25+,26+,29?/m0/s1. The molecule has 1 aliphatic heterocycles. The van der Waals surface area contributed by atoms with E-state index in [2.05, 4.69) is 88.2 Å². The van der Waals surface area contributed by atoms with E-state index < -0.39 is 28.3 Å². The summed E-state index contributed by atoms with van der Waals surface area (Å²) >= 11 is 0. The summed E-state index contributed by atoms with van der Waals surface area (Å²) in [7, 11) is -4.02. The Morgan fingerprint density at radius 3 is 1.86 bits per heavy atom. The molecular weight excluding hydrogens is 500 g/mol. The van der Waals surface area contributed by atoms with Gasteiger partial charge in [-0.15, -0.1) is 6.58 Å². The Labute approximate surface area is 230 Å². The summed E-state index contributed by atoms with van der Waals surface area (Å²) < 4.78 is 24.7. The van der Waals surface area contributed by atoms with E-state index in [9.17, 15) is 9.90 Å². The van der Waals surface area contributed by atoms with Crippen molar-refractivity contribution in [1.29, 1.82) is 0 Å². The number of hydrogen-bond donors (Lipinski definition) is 1. The van der Waals surface area contributed by atoms with E-state index in [0.29, 0.717) is 19.8 Å². The lowest BCUT2D eigenvalue weighted by atomic mass is 9.75. The molecule has 218 valence electrons. The molecule has 0 saturated carbocycles. The Bertz CT molecular complexity index is 769. The maximum atomic E-state index is 11.8. The van der Waals surface area contributed by atoms with E-state index in [1.807, 2.05) is 13.0 Å². The first-order valence-electron chi connectivity index (χ1n) is 13.9. The molecule has 0 aliphatic carbocycles. The fourth-order valence-electron chi connectivity index (χ4n) is 4.25. The maximum absolute atomic E-state index is 11.8. The van der Waals surface area contributed by atoms with Crippen molar-refractivity contribution < 1.29 is 28.2 Å². The highest BCUT2D eigenvalue weighted by atomic mass is 28.4. The molecule has 0 aromatic carbocycles. The van der Waals surface area contributed by atoms with Gasteiger partial charge in [0.1, 0.15) is 0 Å². The van der Waals surface area contributed by atoms with Crippen LogP contribution in [-0.2, 0) is 23.1 Å². The molecule has 0 amide bonds. The molecule has 0 radical (unpaired) electrons. The molecule has 1 saturated heterocycles. The second kappa shape index (κ2) is 12.3. The zero-order valence-electron chi connectivity index (χ0n) is 26.4. The van der Waals surface area contributed by atoms with Crippen LogP contribution in [-0.4, -0.2) is 65.3 Å². The van der Waals surface area contributed by atoms with Crippen LogP contribution in [0.2, 0.25) is 36.3 Å². The molecule has 37 heavy (non-hydrogen) atoms. The first-order valence-corrected chi connectivity index (χ1v) is 19.7. The lowest BCUT2D eigenvalue weighted by Crippen LogP contribution is -2.48. The average Bonchev–Trinajstić information content (AvgIpc) is 3.43. The Hall–Kier alpha value is -0.516. The van der Waals surface area contributed by atoms with Crippen LogP contribution in [0, 0.1) is 23.7 Å². The molecule has 0 spiro atoms. The van der Waals surface area contributed by atoms with Crippen LogP contribution >= 0.6 is 0 Å². The van der Waals surface area contributed by atoms with Crippen LogP contribution in [0.15, 0.2) is 12.7 Å². The monoisotopic (exact) mass is 558 g/mol. The van der Waals surface area contributed by atoms with Crippen molar-refractivity contribution in [2.45, 2.75) is 123 Å². The minimum atomic E-state index is -2.04. The number of carbonyl (C=O) groups excluding carboxylic acids is 1. The highest BCUT2D eigenvalue weighted by Gasteiger charge is 2.61. The van der Waals surface area contributed by atoms with Crippen LogP contribution in [0.25, 0.3) is 0 Å². The van der Waals surface area contributed by atoms with Crippen molar-refractivity contribution in [3.8, 4) is 0 Å². The molecule has 1 aliphatic rings. The van der Waals surface area contributed by atoms with E-state index in [1.54, 1.807) is 0 Å². The molecular formula is C29H58O6Si2. The summed E-state index contributed by atoms with van der Waals surface area (Å²) in [5.74, 6) is -0.603. The van der Waals surface area contributed by atoms with Gasteiger partial charge in [0.25, 0.3) is 0 Å². The van der Waals surface area contributed by atoms with Crippen LogP contribution in [0.3, 0.4) is 0 Å². The number of carbonyl (C=O) groups is 1. The Morgan fingerprint density at radius 1 is 1.00 bits per heavy atom. The topological polar surface area (TPSA) is 77.5 Å². The lowest BCUT2D eigenvalue weighted by Gasteiger charge is -2.41. The molecule has 0 aromatic rings. The van der Waals surface area contributed by atoms with E-state index in [1.165, 1.54) is 6.92 Å². The van der Waals surface area contributed by atoms with Gasteiger partial charge in [0.15, 0.2) is 16.6 Å². The predicted molar refractivity (Wildman–Crippen MR) is 158 cm³/mol. The first-order chi connectivity index (χ1) is 16.5. The Kier molecular flexibility index (Phi) is 11.5. The van der Waals surface area contributed by atoms with Gasteiger partial charge in [-0.1, -0.05) is 61.5 Å². The summed E-state index contributed by atoms with van der Waals surface area (Å²) in [5, 5.41) is 12.0. The molecule has 1 fully saturated rings. The Morgan fingerprint density at radius 2 is 1.46 bits per heavy atom. The third kappa shape index (κ3) is 8.74. The zero-order chi connectivity index (χ0) is 29.2. The van der Waals surface area contributed by atoms with Gasteiger partial charge in [-0.3, -0.25) is 4.79 Å². The SMILES string of the molecule is C=C[C@@H](CO[Si](C)(C)C(C)(C)C)[C@@H](O)[C@H](CO[Si](C)(C)C(C)(C)C)[C@H](C)C1(C)O[C@@H]1[C@@H](C)COC(C)=O. The number of epoxide rings is 1. The maximum Gasteiger partial charge on any atom is 0.302 e. The zero-order valence-corrected chi connectivity index (χ0v) is 28.4. The van der Waals surface area contributed by atoms with E-state index in [0.717, 1.165) is 0 Å². The number of rotatable bonds is 14. The summed E-state index contributed by atoms with van der Waals surface area (Å²) in [4.78, 5) is 11.3. The van der Waals surface area contributed by atoms with Crippen LogP contribution < -0.4 is 0 Å². The number of ether oxygens (including phenoxy) is 2. The normalized spacial score (nSPS) is 25.1. The third-order valence-corrected chi connectivity index (χ3v) is 18.6. The van der Waals surface area contributed by atoms with Gasteiger partial charge in [-0.05, 0) is 49.1 Å². The smallest absolute Gasteiger partial charge is 0.302 e. The average molecular weight is 559 g/mol. The second-order valence-electron chi connectivity index (χ2n) is 14.5. The summed E-state index contributed by atoms with van der Waals surface area (Å²) in [6.07, 6.45) is 1.10. The van der Waals surface area contributed by atoms with Crippen molar-refractivity contribution in [3.05, 3.63) is 12.7 Å². The molecule has 0 aromatic heterocycles.